The Balaban J connectivity index is 1.37. The van der Waals surface area contributed by atoms with Crippen LogP contribution in [0, 0.1) is 0 Å². The third-order valence-electron chi connectivity index (χ3n) is 6.25. The zero-order chi connectivity index (χ0) is 24.2. The highest BCUT2D eigenvalue weighted by Gasteiger charge is 2.20. The molecule has 35 heavy (non-hydrogen) atoms. The standard InChI is InChI=1S/C25H27N5O3S2/c31-19-9-5-6-17(14-19)12-13-29-22(15-30-20-10-3-4-11-21(20)35-25(30)33)27-28-24(29)34-16-23(32)26-18-7-1-2-8-18/h3-6,9-11,14,18,31H,1-2,7-8,12-13,15-16H2,(H,26,32). The van der Waals surface area contributed by atoms with E-state index in [1.54, 1.807) is 16.7 Å². The maximum absolute atomic E-state index is 12.7. The number of aromatic nitrogens is 4. The average Bonchev–Trinajstić information content (AvgIpc) is 3.57. The van der Waals surface area contributed by atoms with Crippen LogP contribution in [0.2, 0.25) is 0 Å². The molecular weight excluding hydrogens is 482 g/mol. The molecule has 0 saturated heterocycles. The Kier molecular flexibility index (Phi) is 7.19. The molecule has 4 aromatic rings. The summed E-state index contributed by atoms with van der Waals surface area (Å²) < 4.78 is 4.63. The van der Waals surface area contributed by atoms with Crippen LogP contribution in [0.15, 0.2) is 58.5 Å². The number of aromatic hydroxyl groups is 1. The third kappa shape index (κ3) is 5.59. The zero-order valence-electron chi connectivity index (χ0n) is 19.2. The Labute approximate surface area is 211 Å². The summed E-state index contributed by atoms with van der Waals surface area (Å²) >= 11 is 2.58. The molecule has 1 aliphatic rings. The first-order valence-electron chi connectivity index (χ1n) is 11.8. The summed E-state index contributed by atoms with van der Waals surface area (Å²) in [6, 6.07) is 15.2. The monoisotopic (exact) mass is 509 g/mol. The van der Waals surface area contributed by atoms with Crippen molar-refractivity contribution < 1.29 is 9.90 Å². The van der Waals surface area contributed by atoms with Crippen LogP contribution in [0.25, 0.3) is 10.2 Å². The van der Waals surface area contributed by atoms with Crippen molar-refractivity contribution >= 4 is 39.2 Å². The van der Waals surface area contributed by atoms with Gasteiger partial charge in [-0.1, -0.05) is 60.2 Å². The normalized spacial score (nSPS) is 14.1. The summed E-state index contributed by atoms with van der Waals surface area (Å²) in [6.45, 7) is 0.861. The van der Waals surface area contributed by atoms with Gasteiger partial charge in [-0.2, -0.15) is 0 Å². The predicted octanol–water partition coefficient (Wildman–Crippen LogP) is 3.80. The fourth-order valence-electron chi connectivity index (χ4n) is 4.49. The van der Waals surface area contributed by atoms with Crippen LogP contribution in [0.5, 0.6) is 5.75 Å². The number of para-hydroxylation sites is 1. The smallest absolute Gasteiger partial charge is 0.308 e. The van der Waals surface area contributed by atoms with E-state index in [0.717, 1.165) is 28.6 Å². The lowest BCUT2D eigenvalue weighted by molar-refractivity contribution is -0.119. The van der Waals surface area contributed by atoms with Crippen molar-refractivity contribution in [1.82, 2.24) is 24.6 Å². The van der Waals surface area contributed by atoms with E-state index in [1.807, 2.05) is 41.0 Å². The number of hydrogen-bond donors (Lipinski definition) is 2. The molecule has 1 saturated carbocycles. The molecule has 0 unspecified atom stereocenters. The molecule has 5 rings (SSSR count). The van der Waals surface area contributed by atoms with Gasteiger partial charge in [0.1, 0.15) is 5.75 Å². The number of hydrogen-bond acceptors (Lipinski definition) is 7. The number of nitrogens with zero attached hydrogens (tertiary/aromatic N) is 4. The minimum atomic E-state index is -0.0427. The summed E-state index contributed by atoms with van der Waals surface area (Å²) in [5.41, 5.74) is 1.85. The van der Waals surface area contributed by atoms with Crippen LogP contribution in [-0.4, -0.2) is 42.1 Å². The number of carbonyl (C=O) groups excluding carboxylic acids is 1. The van der Waals surface area contributed by atoms with Gasteiger partial charge in [0.25, 0.3) is 0 Å². The summed E-state index contributed by atoms with van der Waals surface area (Å²) in [5, 5.41) is 22.4. The molecule has 10 heteroatoms. The molecule has 1 amide bonds. The summed E-state index contributed by atoms with van der Waals surface area (Å²) in [6.07, 6.45) is 5.08. The number of aryl methyl sites for hydroxylation is 1. The molecule has 2 N–H and O–H groups in total. The van der Waals surface area contributed by atoms with Gasteiger partial charge in [-0.05, 0) is 49.1 Å². The fraction of sp³-hybridized carbons (Fsp3) is 0.360. The SMILES string of the molecule is O=C(CSc1nnc(Cn2c(=O)sc3ccccc32)n1CCc1cccc(O)c1)NC1CCCC1. The molecule has 2 aromatic carbocycles. The summed E-state index contributed by atoms with van der Waals surface area (Å²) in [7, 11) is 0. The minimum absolute atomic E-state index is 0.00558. The number of rotatable bonds is 9. The van der Waals surface area contributed by atoms with Gasteiger partial charge in [-0.25, -0.2) is 0 Å². The van der Waals surface area contributed by atoms with E-state index in [4.69, 9.17) is 0 Å². The van der Waals surface area contributed by atoms with Gasteiger partial charge in [0.15, 0.2) is 11.0 Å². The van der Waals surface area contributed by atoms with Crippen molar-refractivity contribution in [2.24, 2.45) is 0 Å². The molecular formula is C25H27N5O3S2. The number of thiazole rings is 1. The number of phenols is 1. The van der Waals surface area contributed by atoms with Crippen LogP contribution >= 0.6 is 23.1 Å². The zero-order valence-corrected chi connectivity index (χ0v) is 20.9. The second-order valence-corrected chi connectivity index (χ2v) is 10.7. The largest absolute Gasteiger partial charge is 0.508 e. The maximum Gasteiger partial charge on any atom is 0.308 e. The van der Waals surface area contributed by atoms with Crippen LogP contribution in [0.1, 0.15) is 37.1 Å². The van der Waals surface area contributed by atoms with Crippen molar-refractivity contribution in [3.8, 4) is 5.75 Å². The molecule has 182 valence electrons. The second kappa shape index (κ2) is 10.7. The van der Waals surface area contributed by atoms with Gasteiger partial charge in [-0.3, -0.25) is 14.2 Å². The molecule has 0 bridgehead atoms. The van der Waals surface area contributed by atoms with Crippen LogP contribution < -0.4 is 10.2 Å². The molecule has 2 aromatic heterocycles. The highest BCUT2D eigenvalue weighted by Crippen LogP contribution is 2.23. The van der Waals surface area contributed by atoms with Crippen molar-refractivity contribution in [3.63, 3.8) is 0 Å². The lowest BCUT2D eigenvalue weighted by Gasteiger charge is -2.13. The number of amides is 1. The van der Waals surface area contributed by atoms with Gasteiger partial charge in [-0.15, -0.1) is 10.2 Å². The summed E-state index contributed by atoms with van der Waals surface area (Å²) in [5.74, 6) is 1.16. The van der Waals surface area contributed by atoms with E-state index in [9.17, 15) is 14.7 Å². The van der Waals surface area contributed by atoms with Gasteiger partial charge >= 0.3 is 4.87 Å². The minimum Gasteiger partial charge on any atom is -0.508 e. The van der Waals surface area contributed by atoms with E-state index in [0.29, 0.717) is 30.5 Å². The Hall–Kier alpha value is -3.11. The maximum atomic E-state index is 12.7. The molecule has 8 nitrogen and oxygen atoms in total. The Morgan fingerprint density at radius 3 is 2.77 bits per heavy atom. The fourth-order valence-corrected chi connectivity index (χ4v) is 6.18. The van der Waals surface area contributed by atoms with Crippen LogP contribution in [0.3, 0.4) is 0 Å². The topological polar surface area (TPSA) is 102 Å². The van der Waals surface area contributed by atoms with Gasteiger partial charge in [0.05, 0.1) is 22.5 Å². The van der Waals surface area contributed by atoms with Crippen LogP contribution in [0.4, 0.5) is 0 Å². The number of phenolic OH excluding ortho intramolecular Hbond substituents is 1. The lowest BCUT2D eigenvalue weighted by Crippen LogP contribution is -2.33. The Morgan fingerprint density at radius 1 is 1.11 bits per heavy atom. The first-order chi connectivity index (χ1) is 17.1. The number of fused-ring (bicyclic) bond motifs is 1. The van der Waals surface area contributed by atoms with Gasteiger partial charge in [0, 0.05) is 12.6 Å². The first kappa shape index (κ1) is 23.6. The highest BCUT2D eigenvalue weighted by molar-refractivity contribution is 7.99. The molecule has 0 spiro atoms. The first-order valence-corrected chi connectivity index (χ1v) is 13.6. The predicted molar refractivity (Wildman–Crippen MR) is 138 cm³/mol. The third-order valence-corrected chi connectivity index (χ3v) is 8.18. The van der Waals surface area contributed by atoms with Crippen molar-refractivity contribution in [2.75, 3.05) is 5.75 Å². The number of thioether (sulfide) groups is 1. The summed E-state index contributed by atoms with van der Waals surface area (Å²) in [4.78, 5) is 25.1. The Morgan fingerprint density at radius 2 is 1.94 bits per heavy atom. The molecule has 0 aliphatic heterocycles. The molecule has 0 radical (unpaired) electrons. The van der Waals surface area contributed by atoms with E-state index in [2.05, 4.69) is 15.5 Å². The molecule has 0 atom stereocenters. The average molecular weight is 510 g/mol. The molecule has 1 aliphatic carbocycles. The number of carbonyl (C=O) groups is 1. The van der Waals surface area contributed by atoms with Crippen molar-refractivity contribution in [2.45, 2.75) is 56.4 Å². The number of nitrogens with one attached hydrogen (secondary N) is 1. The highest BCUT2D eigenvalue weighted by atomic mass is 32.2. The number of benzene rings is 2. The lowest BCUT2D eigenvalue weighted by atomic mass is 10.1. The quantitative estimate of drug-likeness (QED) is 0.333. The van der Waals surface area contributed by atoms with E-state index in [1.165, 1.54) is 35.9 Å². The van der Waals surface area contributed by atoms with Crippen molar-refractivity contribution in [3.05, 3.63) is 69.6 Å². The van der Waals surface area contributed by atoms with E-state index in [-0.39, 0.29) is 28.3 Å². The van der Waals surface area contributed by atoms with Gasteiger partial charge in [0.2, 0.25) is 5.91 Å². The Bertz CT molecular complexity index is 1390. The van der Waals surface area contributed by atoms with Crippen LogP contribution in [-0.2, 0) is 24.3 Å². The van der Waals surface area contributed by atoms with Crippen molar-refractivity contribution in [1.29, 1.82) is 0 Å². The van der Waals surface area contributed by atoms with E-state index < -0.39 is 0 Å². The molecule has 1 fully saturated rings. The second-order valence-electron chi connectivity index (χ2n) is 8.73. The van der Waals surface area contributed by atoms with E-state index >= 15 is 0 Å². The molecule has 2 heterocycles. The van der Waals surface area contributed by atoms with Gasteiger partial charge < -0.3 is 15.0 Å².